The number of alkyl halides is 3. The van der Waals surface area contributed by atoms with Gasteiger partial charge < -0.3 is 10.6 Å². The maximum atomic E-state index is 12.6. The average Bonchev–Trinajstić information content (AvgIpc) is 3.17. The fraction of sp³-hybridized carbons (Fsp3) is 0.412. The number of benzene rings is 1. The zero-order valence-electron chi connectivity index (χ0n) is 13.6. The fourth-order valence-corrected chi connectivity index (χ4v) is 4.08. The lowest BCUT2D eigenvalue weighted by atomic mass is 9.99. The van der Waals surface area contributed by atoms with Crippen LogP contribution in [0.25, 0.3) is 0 Å². The van der Waals surface area contributed by atoms with Gasteiger partial charge in [-0.25, -0.2) is 9.78 Å². The van der Waals surface area contributed by atoms with Crippen molar-refractivity contribution in [2.75, 3.05) is 5.32 Å². The molecule has 1 heterocycles. The highest BCUT2D eigenvalue weighted by Crippen LogP contribution is 2.40. The molecule has 0 radical (unpaired) electrons. The quantitative estimate of drug-likeness (QED) is 0.794. The van der Waals surface area contributed by atoms with Gasteiger partial charge in [0.2, 0.25) is 0 Å². The maximum Gasteiger partial charge on any atom is 0.416 e. The van der Waals surface area contributed by atoms with Gasteiger partial charge in [0.05, 0.1) is 11.1 Å². The van der Waals surface area contributed by atoms with Gasteiger partial charge in [-0.1, -0.05) is 12.8 Å². The number of anilines is 1. The third-order valence-electron chi connectivity index (χ3n) is 4.31. The van der Waals surface area contributed by atoms with Crippen molar-refractivity contribution < 1.29 is 18.0 Å². The summed E-state index contributed by atoms with van der Waals surface area (Å²) in [5, 5.41) is 8.43. The van der Waals surface area contributed by atoms with Gasteiger partial charge in [0.15, 0.2) is 0 Å². The number of carbonyl (C=O) groups excluding carboxylic acids is 1. The van der Waals surface area contributed by atoms with E-state index in [-0.39, 0.29) is 0 Å². The normalized spacial score (nSPS) is 16.6. The molecule has 8 heteroatoms. The van der Waals surface area contributed by atoms with Gasteiger partial charge >= 0.3 is 12.2 Å². The molecule has 0 unspecified atom stereocenters. The monoisotopic (exact) mass is 369 g/mol. The molecule has 2 aromatic rings. The Morgan fingerprint density at radius 1 is 1.20 bits per heavy atom. The topological polar surface area (TPSA) is 54.0 Å². The van der Waals surface area contributed by atoms with Crippen molar-refractivity contribution in [2.24, 2.45) is 0 Å². The number of hydrogen-bond donors (Lipinski definition) is 2. The minimum Gasteiger partial charge on any atom is -0.326 e. The van der Waals surface area contributed by atoms with Crippen LogP contribution in [0.1, 0.15) is 41.9 Å². The summed E-state index contributed by atoms with van der Waals surface area (Å²) in [5.41, 5.74) is -0.0104. The van der Waals surface area contributed by atoms with Crippen LogP contribution in [0.2, 0.25) is 0 Å². The van der Waals surface area contributed by atoms with E-state index in [1.807, 2.05) is 12.3 Å². The highest BCUT2D eigenvalue weighted by molar-refractivity contribution is 7.09. The van der Waals surface area contributed by atoms with Crippen molar-refractivity contribution in [1.29, 1.82) is 0 Å². The van der Waals surface area contributed by atoms with Crippen LogP contribution in [0, 0.1) is 6.92 Å². The second-order valence-electron chi connectivity index (χ2n) is 6.24. The van der Waals surface area contributed by atoms with Gasteiger partial charge in [-0.05, 0) is 44.0 Å². The molecule has 1 aromatic heterocycles. The molecule has 4 nitrogen and oxygen atoms in total. The highest BCUT2D eigenvalue weighted by Gasteiger charge is 2.39. The lowest BCUT2D eigenvalue weighted by Gasteiger charge is -2.28. The number of nitrogens with one attached hydrogen (secondary N) is 2. The van der Waals surface area contributed by atoms with Gasteiger partial charge in [0.25, 0.3) is 0 Å². The van der Waals surface area contributed by atoms with E-state index in [2.05, 4.69) is 15.6 Å². The Labute approximate surface area is 147 Å². The van der Waals surface area contributed by atoms with Crippen LogP contribution in [0.5, 0.6) is 0 Å². The standard InChI is InChI=1S/C17H18F3N3OS/c1-11-10-25-14(21-11)16(8-2-3-9-16)23-15(24)22-13-6-4-12(5-7-13)17(18,19)20/h4-7,10H,2-3,8-9H2,1H3,(H2,22,23,24). The van der Waals surface area contributed by atoms with E-state index in [1.165, 1.54) is 23.5 Å². The molecule has 0 spiro atoms. The Balaban J connectivity index is 1.70. The Morgan fingerprint density at radius 2 is 1.84 bits per heavy atom. The molecule has 0 aliphatic heterocycles. The second kappa shape index (κ2) is 6.67. The number of hydrogen-bond acceptors (Lipinski definition) is 3. The average molecular weight is 369 g/mol. The molecular weight excluding hydrogens is 351 g/mol. The summed E-state index contributed by atoms with van der Waals surface area (Å²) in [6, 6.07) is 3.96. The van der Waals surface area contributed by atoms with Gasteiger partial charge in [-0.2, -0.15) is 13.2 Å². The molecule has 2 N–H and O–H groups in total. The van der Waals surface area contributed by atoms with Crippen LogP contribution in [-0.2, 0) is 11.7 Å². The first kappa shape index (κ1) is 17.7. The summed E-state index contributed by atoms with van der Waals surface area (Å²) in [7, 11) is 0. The van der Waals surface area contributed by atoms with Crippen LogP contribution >= 0.6 is 11.3 Å². The van der Waals surface area contributed by atoms with Crippen molar-refractivity contribution in [3.05, 3.63) is 45.9 Å². The molecule has 25 heavy (non-hydrogen) atoms. The number of amides is 2. The lowest BCUT2D eigenvalue weighted by molar-refractivity contribution is -0.137. The van der Waals surface area contributed by atoms with E-state index >= 15 is 0 Å². The van der Waals surface area contributed by atoms with E-state index in [0.29, 0.717) is 5.69 Å². The Kier molecular flexibility index (Phi) is 4.73. The van der Waals surface area contributed by atoms with Gasteiger partial charge in [-0.3, -0.25) is 0 Å². The van der Waals surface area contributed by atoms with E-state index < -0.39 is 23.3 Å². The van der Waals surface area contributed by atoms with Gasteiger partial charge in [-0.15, -0.1) is 11.3 Å². The first-order chi connectivity index (χ1) is 11.8. The summed E-state index contributed by atoms with van der Waals surface area (Å²) in [6.45, 7) is 1.91. The lowest BCUT2D eigenvalue weighted by Crippen LogP contribution is -2.45. The molecule has 3 rings (SSSR count). The van der Waals surface area contributed by atoms with Crippen LogP contribution in [0.15, 0.2) is 29.6 Å². The van der Waals surface area contributed by atoms with Crippen LogP contribution in [0.3, 0.4) is 0 Å². The van der Waals surface area contributed by atoms with E-state index in [1.54, 1.807) is 0 Å². The predicted octanol–water partition coefficient (Wildman–Crippen LogP) is 5.06. The van der Waals surface area contributed by atoms with Crippen molar-refractivity contribution in [2.45, 2.75) is 44.3 Å². The summed E-state index contributed by atoms with van der Waals surface area (Å²) < 4.78 is 37.8. The third-order valence-corrected chi connectivity index (χ3v) is 5.47. The number of thiazole rings is 1. The van der Waals surface area contributed by atoms with E-state index in [9.17, 15) is 18.0 Å². The van der Waals surface area contributed by atoms with Crippen LogP contribution in [0.4, 0.5) is 23.7 Å². The van der Waals surface area contributed by atoms with Gasteiger partial charge in [0, 0.05) is 16.8 Å². The molecule has 1 aliphatic rings. The Morgan fingerprint density at radius 3 is 2.36 bits per heavy atom. The largest absolute Gasteiger partial charge is 0.416 e. The third kappa shape index (κ3) is 3.95. The second-order valence-corrected chi connectivity index (χ2v) is 7.10. The molecule has 0 bridgehead atoms. The van der Waals surface area contributed by atoms with Crippen molar-refractivity contribution in [1.82, 2.24) is 10.3 Å². The molecule has 134 valence electrons. The zero-order valence-corrected chi connectivity index (χ0v) is 14.4. The number of urea groups is 1. The summed E-state index contributed by atoms with van der Waals surface area (Å²) in [6.07, 6.45) is -0.781. The SMILES string of the molecule is Cc1csc(C2(NC(=O)Nc3ccc(C(F)(F)F)cc3)CCCC2)n1. The smallest absolute Gasteiger partial charge is 0.326 e. The molecule has 1 saturated carbocycles. The molecule has 0 saturated heterocycles. The maximum absolute atomic E-state index is 12.6. The number of rotatable bonds is 3. The van der Waals surface area contributed by atoms with Crippen LogP contribution < -0.4 is 10.6 Å². The van der Waals surface area contributed by atoms with Crippen LogP contribution in [-0.4, -0.2) is 11.0 Å². The Hall–Kier alpha value is -2.09. The number of carbonyl (C=O) groups is 1. The fourth-order valence-electron chi connectivity index (χ4n) is 3.07. The molecule has 1 aromatic carbocycles. The molecule has 2 amide bonds. The molecule has 1 aliphatic carbocycles. The number of aromatic nitrogens is 1. The van der Waals surface area contributed by atoms with Crippen molar-refractivity contribution in [3.63, 3.8) is 0 Å². The minimum absolute atomic E-state index is 0.314. The summed E-state index contributed by atoms with van der Waals surface area (Å²) >= 11 is 1.52. The Bertz CT molecular complexity index is 749. The number of aryl methyl sites for hydroxylation is 1. The number of nitrogens with zero attached hydrogens (tertiary/aromatic N) is 1. The van der Waals surface area contributed by atoms with Gasteiger partial charge in [0.1, 0.15) is 5.01 Å². The predicted molar refractivity (Wildman–Crippen MR) is 90.6 cm³/mol. The summed E-state index contributed by atoms with van der Waals surface area (Å²) in [4.78, 5) is 16.9. The summed E-state index contributed by atoms with van der Waals surface area (Å²) in [5.74, 6) is 0. The molecule has 1 fully saturated rings. The zero-order chi connectivity index (χ0) is 18.1. The first-order valence-electron chi connectivity index (χ1n) is 7.98. The molecule has 0 atom stereocenters. The highest BCUT2D eigenvalue weighted by atomic mass is 32.1. The van der Waals surface area contributed by atoms with E-state index in [4.69, 9.17) is 0 Å². The number of halogens is 3. The molecular formula is C17H18F3N3OS. The van der Waals surface area contributed by atoms with Crippen molar-refractivity contribution in [3.8, 4) is 0 Å². The van der Waals surface area contributed by atoms with E-state index in [0.717, 1.165) is 48.5 Å². The minimum atomic E-state index is -4.39. The van der Waals surface area contributed by atoms with Crippen molar-refractivity contribution >= 4 is 23.1 Å². The first-order valence-corrected chi connectivity index (χ1v) is 8.85.